The highest BCUT2D eigenvalue weighted by atomic mass is 16.5. The Morgan fingerprint density at radius 3 is 2.67 bits per heavy atom. The van der Waals surface area contributed by atoms with Crippen LogP contribution < -0.4 is 10.5 Å². The summed E-state index contributed by atoms with van der Waals surface area (Å²) in [7, 11) is 0. The number of aliphatic carboxylic acids is 2. The number of nitrogens with two attached hydrogens (primary N) is 1. The second-order valence-electron chi connectivity index (χ2n) is 4.67. The molecule has 112 valence electrons. The third-order valence-electron chi connectivity index (χ3n) is 2.96. The van der Waals surface area contributed by atoms with Crippen LogP contribution in [0.4, 0.5) is 0 Å². The topological polar surface area (TPSA) is 123 Å². The highest BCUT2D eigenvalue weighted by Gasteiger charge is 2.28. The zero-order chi connectivity index (χ0) is 15.6. The Morgan fingerprint density at radius 1 is 1.33 bits per heavy atom. The predicted molar refractivity (Wildman–Crippen MR) is 73.2 cm³/mol. The van der Waals surface area contributed by atoms with Crippen LogP contribution in [0.25, 0.3) is 11.0 Å². The van der Waals surface area contributed by atoms with E-state index >= 15 is 0 Å². The Kier molecular flexibility index (Phi) is 4.13. The molecule has 2 rings (SSSR count). The first kappa shape index (κ1) is 14.9. The molecule has 0 saturated heterocycles. The average Bonchev–Trinajstić information content (AvgIpc) is 2.75. The van der Waals surface area contributed by atoms with Crippen molar-refractivity contribution in [1.82, 2.24) is 0 Å². The van der Waals surface area contributed by atoms with E-state index in [1.165, 1.54) is 0 Å². The Hall–Kier alpha value is -2.54. The lowest BCUT2D eigenvalue weighted by atomic mass is 10.1. The summed E-state index contributed by atoms with van der Waals surface area (Å²) in [5.41, 5.74) is 6.13. The van der Waals surface area contributed by atoms with Crippen LogP contribution in [0, 0.1) is 6.92 Å². The van der Waals surface area contributed by atoms with Gasteiger partial charge in [0.2, 0.25) is 0 Å². The van der Waals surface area contributed by atoms with E-state index in [1.807, 2.05) is 0 Å². The third kappa shape index (κ3) is 3.51. The first-order chi connectivity index (χ1) is 9.86. The van der Waals surface area contributed by atoms with Gasteiger partial charge in [-0.25, -0.2) is 0 Å². The summed E-state index contributed by atoms with van der Waals surface area (Å²) in [6, 6.07) is 5.26. The molecule has 4 N–H and O–H groups in total. The lowest BCUT2D eigenvalue weighted by Crippen LogP contribution is -2.46. The molecule has 0 aliphatic carbocycles. The van der Waals surface area contributed by atoms with Gasteiger partial charge in [0.25, 0.3) is 0 Å². The number of ether oxygens (including phenoxy) is 1. The zero-order valence-corrected chi connectivity index (χ0v) is 11.3. The van der Waals surface area contributed by atoms with Gasteiger partial charge in [-0.15, -0.1) is 0 Å². The molecule has 7 heteroatoms. The number of carboxylic acid groups (broad SMARTS) is 2. The predicted octanol–water partition coefficient (Wildman–Crippen LogP) is 1.38. The zero-order valence-electron chi connectivity index (χ0n) is 11.3. The second kappa shape index (κ2) is 5.84. The Morgan fingerprint density at radius 2 is 2.05 bits per heavy atom. The van der Waals surface area contributed by atoms with Crippen molar-refractivity contribution >= 4 is 22.9 Å². The van der Waals surface area contributed by atoms with Gasteiger partial charge in [0, 0.05) is 5.39 Å². The smallest absolute Gasteiger partial charge is 0.324 e. The number of rotatable bonds is 6. The molecule has 0 amide bonds. The summed E-state index contributed by atoms with van der Waals surface area (Å²) >= 11 is 0. The normalized spacial score (nSPS) is 13.8. The van der Waals surface area contributed by atoms with Crippen molar-refractivity contribution in [3.63, 3.8) is 0 Å². The number of carboxylic acids is 2. The van der Waals surface area contributed by atoms with Crippen molar-refractivity contribution in [3.8, 4) is 5.75 Å². The minimum absolute atomic E-state index is 0.339. The Labute approximate surface area is 119 Å². The summed E-state index contributed by atoms with van der Waals surface area (Å²) in [5.74, 6) is -1.43. The van der Waals surface area contributed by atoms with Crippen molar-refractivity contribution in [3.05, 3.63) is 30.0 Å². The number of furan rings is 1. The molecule has 1 aromatic heterocycles. The van der Waals surface area contributed by atoms with Crippen LogP contribution in [0.5, 0.6) is 5.75 Å². The van der Waals surface area contributed by atoms with Gasteiger partial charge >= 0.3 is 11.9 Å². The number of fused-ring (bicyclic) bond motifs is 1. The van der Waals surface area contributed by atoms with Gasteiger partial charge < -0.3 is 25.1 Å². The lowest BCUT2D eigenvalue weighted by Gasteiger charge is -2.20. The van der Waals surface area contributed by atoms with Crippen molar-refractivity contribution in [2.45, 2.75) is 25.5 Å². The van der Waals surface area contributed by atoms with E-state index in [9.17, 15) is 9.59 Å². The molecule has 0 aliphatic heterocycles. The van der Waals surface area contributed by atoms with Crippen LogP contribution in [0.2, 0.25) is 0 Å². The van der Waals surface area contributed by atoms with Gasteiger partial charge in [-0.05, 0) is 31.2 Å². The summed E-state index contributed by atoms with van der Waals surface area (Å²) in [5, 5.41) is 18.5. The maximum absolute atomic E-state index is 10.9. The van der Waals surface area contributed by atoms with Gasteiger partial charge in [0.05, 0.1) is 6.42 Å². The number of benzene rings is 1. The molecule has 1 aromatic carbocycles. The van der Waals surface area contributed by atoms with Crippen molar-refractivity contribution in [2.24, 2.45) is 5.73 Å². The van der Waals surface area contributed by atoms with Crippen LogP contribution in [-0.4, -0.2) is 34.3 Å². The van der Waals surface area contributed by atoms with E-state index in [0.29, 0.717) is 11.3 Å². The van der Waals surface area contributed by atoms with E-state index < -0.39 is 30.5 Å². The summed E-state index contributed by atoms with van der Waals surface area (Å²) in [6.45, 7) is 1.80. The third-order valence-corrected chi connectivity index (χ3v) is 2.96. The van der Waals surface area contributed by atoms with Crippen LogP contribution in [0.3, 0.4) is 0 Å². The molecule has 2 aromatic rings. The van der Waals surface area contributed by atoms with E-state index in [1.54, 1.807) is 31.2 Å². The lowest BCUT2D eigenvalue weighted by molar-refractivity contribution is -0.143. The molecule has 2 unspecified atom stereocenters. The fraction of sp³-hybridized carbons (Fsp3) is 0.286. The number of carbonyl (C=O) groups is 2. The molecule has 2 atom stereocenters. The van der Waals surface area contributed by atoms with Crippen LogP contribution >= 0.6 is 0 Å². The molecule has 0 saturated carbocycles. The SMILES string of the molecule is Cc1cc2cc(OC(CC(=O)O)C(N)C(=O)O)ccc2o1. The highest BCUT2D eigenvalue weighted by Crippen LogP contribution is 2.25. The molecular formula is C14H15NO6. The van der Waals surface area contributed by atoms with Crippen molar-refractivity contribution in [2.75, 3.05) is 0 Å². The molecule has 0 radical (unpaired) electrons. The van der Waals surface area contributed by atoms with E-state index in [-0.39, 0.29) is 0 Å². The van der Waals surface area contributed by atoms with Gasteiger partial charge in [-0.1, -0.05) is 0 Å². The fourth-order valence-electron chi connectivity index (χ4n) is 1.98. The molecule has 0 spiro atoms. The number of aryl methyl sites for hydroxylation is 1. The van der Waals surface area contributed by atoms with E-state index in [2.05, 4.69) is 0 Å². The summed E-state index contributed by atoms with van der Waals surface area (Å²) < 4.78 is 10.8. The van der Waals surface area contributed by atoms with Gasteiger partial charge in [-0.3, -0.25) is 9.59 Å². The maximum Gasteiger partial charge on any atom is 0.324 e. The van der Waals surface area contributed by atoms with Gasteiger partial charge in [0.1, 0.15) is 29.2 Å². The number of hydrogen-bond acceptors (Lipinski definition) is 5. The molecule has 1 heterocycles. The molecule has 7 nitrogen and oxygen atoms in total. The Bertz CT molecular complexity index is 677. The minimum Gasteiger partial charge on any atom is -0.488 e. The highest BCUT2D eigenvalue weighted by molar-refractivity contribution is 5.80. The van der Waals surface area contributed by atoms with Crippen LogP contribution in [-0.2, 0) is 9.59 Å². The first-order valence-corrected chi connectivity index (χ1v) is 6.24. The molecule has 0 aliphatic rings. The van der Waals surface area contributed by atoms with E-state index in [0.717, 1.165) is 11.1 Å². The minimum atomic E-state index is -1.43. The van der Waals surface area contributed by atoms with Gasteiger partial charge in [-0.2, -0.15) is 0 Å². The molecule has 0 bridgehead atoms. The van der Waals surface area contributed by atoms with Crippen molar-refractivity contribution < 1.29 is 29.0 Å². The van der Waals surface area contributed by atoms with Crippen molar-refractivity contribution in [1.29, 1.82) is 0 Å². The van der Waals surface area contributed by atoms with E-state index in [4.69, 9.17) is 25.1 Å². The van der Waals surface area contributed by atoms with Crippen LogP contribution in [0.1, 0.15) is 12.2 Å². The quantitative estimate of drug-likeness (QED) is 0.735. The second-order valence-corrected chi connectivity index (χ2v) is 4.67. The molecule has 21 heavy (non-hydrogen) atoms. The molecular weight excluding hydrogens is 278 g/mol. The summed E-state index contributed by atoms with van der Waals surface area (Å²) in [4.78, 5) is 21.7. The standard InChI is InChI=1S/C14H15NO6/c1-7-4-8-5-9(2-3-10(8)20-7)21-11(6-12(16)17)13(15)14(18)19/h2-5,11,13H,6,15H2,1H3,(H,16,17)(H,18,19). The number of hydrogen-bond donors (Lipinski definition) is 3. The first-order valence-electron chi connectivity index (χ1n) is 6.24. The fourth-order valence-corrected chi connectivity index (χ4v) is 1.98. The molecule has 0 fully saturated rings. The monoisotopic (exact) mass is 293 g/mol. The van der Waals surface area contributed by atoms with Crippen LogP contribution in [0.15, 0.2) is 28.7 Å². The average molecular weight is 293 g/mol. The summed E-state index contributed by atoms with van der Waals surface area (Å²) in [6.07, 6.45) is -1.67. The Balaban J connectivity index is 2.24. The van der Waals surface area contributed by atoms with Gasteiger partial charge in [0.15, 0.2) is 0 Å². The maximum atomic E-state index is 10.9. The largest absolute Gasteiger partial charge is 0.488 e.